The van der Waals surface area contributed by atoms with Gasteiger partial charge in [-0.25, -0.2) is 0 Å². The maximum Gasteiger partial charge on any atom is 0.102 e. The molecule has 186 valence electrons. The van der Waals surface area contributed by atoms with Gasteiger partial charge in [0.15, 0.2) is 0 Å². The van der Waals surface area contributed by atoms with E-state index >= 15 is 0 Å². The molecule has 1 unspecified atom stereocenters. The first kappa shape index (κ1) is 23.0. The first-order valence-electron chi connectivity index (χ1n) is 14.0. The fraction of sp³-hybridized carbons (Fsp3) is 0.862. The van der Waals surface area contributed by atoms with E-state index < -0.39 is 11.2 Å². The van der Waals surface area contributed by atoms with Gasteiger partial charge in [-0.3, -0.25) is 4.68 Å². The van der Waals surface area contributed by atoms with Gasteiger partial charge in [0.1, 0.15) is 6.07 Å². The predicted octanol–water partition coefficient (Wildman–Crippen LogP) is 5.16. The van der Waals surface area contributed by atoms with Crippen LogP contribution in [0, 0.1) is 64.1 Å². The molecule has 2 N–H and O–H groups in total. The van der Waals surface area contributed by atoms with Crippen molar-refractivity contribution in [3.8, 4) is 6.07 Å². The third kappa shape index (κ3) is 3.66. The van der Waals surface area contributed by atoms with E-state index in [9.17, 15) is 15.5 Å². The standard InChI is InChI=1S/C29H43N3O2/c1-27(33)10-8-21-20(13-27)6-7-23-22(21)9-11-28(2)25(12-24(26(23)28)19-4-5-19)29(3,34)17-32-16-18(14-30)15-31-32/h15-16,19-26,33-34H,4-13,17H2,1-3H3/t20-,21+,22-,23-,24?,25+,26-,27-,28-,29-/m1/s1. The minimum Gasteiger partial charge on any atom is -0.390 e. The van der Waals surface area contributed by atoms with Crippen LogP contribution in [0.25, 0.3) is 0 Å². The largest absolute Gasteiger partial charge is 0.390 e. The highest BCUT2D eigenvalue weighted by atomic mass is 16.3. The fourth-order valence-corrected chi connectivity index (χ4v) is 10.2. The molecular weight excluding hydrogens is 422 g/mol. The summed E-state index contributed by atoms with van der Waals surface area (Å²) in [6, 6.07) is 2.16. The summed E-state index contributed by atoms with van der Waals surface area (Å²) in [5, 5.41) is 36.3. The maximum atomic E-state index is 11.9. The van der Waals surface area contributed by atoms with Crippen molar-refractivity contribution in [3.63, 3.8) is 0 Å². The van der Waals surface area contributed by atoms with E-state index in [0.717, 1.165) is 54.8 Å². The zero-order valence-corrected chi connectivity index (χ0v) is 21.3. The molecule has 0 aliphatic heterocycles. The first-order valence-corrected chi connectivity index (χ1v) is 14.0. The van der Waals surface area contributed by atoms with Crippen molar-refractivity contribution in [2.24, 2.45) is 52.8 Å². The second-order valence-corrected chi connectivity index (χ2v) is 13.8. The number of nitriles is 1. The van der Waals surface area contributed by atoms with E-state index in [2.05, 4.69) is 25.0 Å². The Morgan fingerprint density at radius 1 is 1.06 bits per heavy atom. The van der Waals surface area contributed by atoms with Gasteiger partial charge in [0.05, 0.1) is 29.5 Å². The van der Waals surface area contributed by atoms with Crippen LogP contribution in [0.15, 0.2) is 12.4 Å². The van der Waals surface area contributed by atoms with Gasteiger partial charge in [-0.05, 0) is 131 Å². The van der Waals surface area contributed by atoms with Crippen LogP contribution in [0.5, 0.6) is 0 Å². The minimum atomic E-state index is -0.830. The van der Waals surface area contributed by atoms with Crippen LogP contribution in [0.1, 0.15) is 90.5 Å². The van der Waals surface area contributed by atoms with Crippen LogP contribution >= 0.6 is 0 Å². The lowest BCUT2D eigenvalue weighted by Gasteiger charge is -2.58. The molecule has 10 atom stereocenters. The number of hydrogen-bond donors (Lipinski definition) is 2. The summed E-state index contributed by atoms with van der Waals surface area (Å²) in [4.78, 5) is 0. The van der Waals surface area contributed by atoms with Crippen LogP contribution in [-0.4, -0.2) is 31.2 Å². The van der Waals surface area contributed by atoms with E-state index in [1.54, 1.807) is 17.1 Å². The Morgan fingerprint density at radius 3 is 2.50 bits per heavy atom. The van der Waals surface area contributed by atoms with Crippen LogP contribution in [0.2, 0.25) is 0 Å². The normalized spacial score (nSPS) is 47.7. The van der Waals surface area contributed by atoms with Crippen LogP contribution in [0.4, 0.5) is 0 Å². The molecule has 5 fully saturated rings. The lowest BCUT2D eigenvalue weighted by atomic mass is 9.47. The highest BCUT2D eigenvalue weighted by Gasteiger charge is 2.65. The summed E-state index contributed by atoms with van der Waals surface area (Å²) in [5.74, 6) is 5.75. The van der Waals surface area contributed by atoms with Gasteiger partial charge < -0.3 is 10.2 Å². The van der Waals surface area contributed by atoms with Gasteiger partial charge in [0.2, 0.25) is 0 Å². The quantitative estimate of drug-likeness (QED) is 0.643. The Balaban J connectivity index is 1.28. The minimum absolute atomic E-state index is 0.177. The third-order valence-electron chi connectivity index (χ3n) is 11.5. The van der Waals surface area contributed by atoms with E-state index in [0.29, 0.717) is 18.0 Å². The number of aliphatic hydroxyl groups is 2. The molecule has 1 aromatic rings. The first-order chi connectivity index (χ1) is 16.1. The van der Waals surface area contributed by atoms with Gasteiger partial charge in [-0.1, -0.05) is 6.92 Å². The number of rotatable bonds is 4. The Bertz CT molecular complexity index is 972. The molecule has 5 saturated carbocycles. The monoisotopic (exact) mass is 465 g/mol. The highest BCUT2D eigenvalue weighted by molar-refractivity contribution is 5.22. The Hall–Kier alpha value is -1.38. The third-order valence-corrected chi connectivity index (χ3v) is 11.5. The molecule has 0 spiro atoms. The molecule has 5 aliphatic carbocycles. The molecule has 5 heteroatoms. The predicted molar refractivity (Wildman–Crippen MR) is 130 cm³/mol. The summed E-state index contributed by atoms with van der Waals surface area (Å²) in [5.41, 5.74) is -0.548. The number of fused-ring (bicyclic) bond motifs is 5. The number of hydrogen-bond acceptors (Lipinski definition) is 4. The molecule has 6 rings (SSSR count). The van der Waals surface area contributed by atoms with Gasteiger partial charge in [-0.15, -0.1) is 0 Å². The molecule has 0 aromatic carbocycles. The van der Waals surface area contributed by atoms with Crippen LogP contribution < -0.4 is 0 Å². The van der Waals surface area contributed by atoms with Gasteiger partial charge in [-0.2, -0.15) is 10.4 Å². The lowest BCUT2D eigenvalue weighted by Crippen LogP contribution is -2.54. The number of aromatic nitrogens is 2. The molecular formula is C29H43N3O2. The SMILES string of the molecule is C[C@@]1(O)CC[C@H]2[C@H](CC[C@@H]3[C@@H]2CC[C@@]2(C)[C@H]3C(C3CC3)C[C@@H]2[C@](C)(O)Cn2cc(C#N)cn2)C1. The molecule has 0 radical (unpaired) electrons. The molecule has 1 heterocycles. The van der Waals surface area contributed by atoms with E-state index in [1.807, 2.05) is 6.92 Å². The summed E-state index contributed by atoms with van der Waals surface area (Å²) in [7, 11) is 0. The van der Waals surface area contributed by atoms with Crippen molar-refractivity contribution >= 4 is 0 Å². The Kier molecular flexibility index (Phi) is 5.29. The van der Waals surface area contributed by atoms with Gasteiger partial charge >= 0.3 is 0 Å². The second-order valence-electron chi connectivity index (χ2n) is 13.8. The van der Waals surface area contributed by atoms with Gasteiger partial charge in [0.25, 0.3) is 0 Å². The smallest absolute Gasteiger partial charge is 0.102 e. The van der Waals surface area contributed by atoms with E-state index in [4.69, 9.17) is 0 Å². The van der Waals surface area contributed by atoms with Crippen LogP contribution in [0.3, 0.4) is 0 Å². The summed E-state index contributed by atoms with van der Waals surface area (Å²) >= 11 is 0. The van der Waals surface area contributed by atoms with Crippen molar-refractivity contribution in [2.75, 3.05) is 0 Å². The van der Waals surface area contributed by atoms with E-state index in [1.165, 1.54) is 44.9 Å². The van der Waals surface area contributed by atoms with Gasteiger partial charge in [0, 0.05) is 6.20 Å². The second kappa shape index (κ2) is 7.81. The van der Waals surface area contributed by atoms with E-state index in [-0.39, 0.29) is 11.3 Å². The average molecular weight is 466 g/mol. The molecule has 0 amide bonds. The zero-order valence-electron chi connectivity index (χ0n) is 21.3. The molecule has 0 saturated heterocycles. The topological polar surface area (TPSA) is 82.1 Å². The van der Waals surface area contributed by atoms with Crippen molar-refractivity contribution in [1.29, 1.82) is 5.26 Å². The fourth-order valence-electron chi connectivity index (χ4n) is 10.2. The average Bonchev–Trinajstić information content (AvgIpc) is 3.43. The van der Waals surface area contributed by atoms with Crippen molar-refractivity contribution < 1.29 is 10.2 Å². The number of nitrogens with zero attached hydrogens (tertiary/aromatic N) is 3. The molecule has 34 heavy (non-hydrogen) atoms. The van der Waals surface area contributed by atoms with Crippen LogP contribution in [-0.2, 0) is 6.54 Å². The molecule has 5 aliphatic rings. The summed E-state index contributed by atoms with van der Waals surface area (Å²) in [6.45, 7) is 7.08. The Labute approximate surface area is 204 Å². The summed E-state index contributed by atoms with van der Waals surface area (Å²) in [6.07, 6.45) is 15.6. The Morgan fingerprint density at radius 2 is 1.79 bits per heavy atom. The maximum absolute atomic E-state index is 11.9. The zero-order chi connectivity index (χ0) is 23.9. The highest BCUT2D eigenvalue weighted by Crippen LogP contribution is 2.70. The van der Waals surface area contributed by atoms with Crippen molar-refractivity contribution in [2.45, 2.75) is 103 Å². The molecule has 5 nitrogen and oxygen atoms in total. The lowest BCUT2D eigenvalue weighted by molar-refractivity contribution is -0.130. The molecule has 0 bridgehead atoms. The van der Waals surface area contributed by atoms with Crippen molar-refractivity contribution in [3.05, 3.63) is 18.0 Å². The van der Waals surface area contributed by atoms with Crippen molar-refractivity contribution in [1.82, 2.24) is 9.78 Å². The molecule has 1 aromatic heterocycles. The summed E-state index contributed by atoms with van der Waals surface area (Å²) < 4.78 is 1.78.